The summed E-state index contributed by atoms with van der Waals surface area (Å²) in [5, 5.41) is 21.6. The summed E-state index contributed by atoms with van der Waals surface area (Å²) >= 11 is 1.63. The third kappa shape index (κ3) is 2.71. The van der Waals surface area contributed by atoms with Crippen LogP contribution in [0, 0.1) is 32.1 Å². The number of thiazole rings is 1. The molecule has 0 aliphatic heterocycles. The number of rotatable bonds is 3. The highest BCUT2D eigenvalue weighted by molar-refractivity contribution is 7.11. The van der Waals surface area contributed by atoms with E-state index >= 15 is 0 Å². The van der Waals surface area contributed by atoms with E-state index in [-0.39, 0.29) is 6.04 Å². The summed E-state index contributed by atoms with van der Waals surface area (Å²) in [6, 6.07) is 2.19. The largest absolute Gasteiger partial charge is 0.359 e. The molecule has 0 saturated carbocycles. The van der Waals surface area contributed by atoms with Crippen LogP contribution in [0.1, 0.15) is 39.7 Å². The molecule has 0 bridgehead atoms. The number of nitrogens with zero attached hydrogens (tertiary/aromatic N) is 4. The second kappa shape index (κ2) is 5.33. The maximum Gasteiger partial charge on any atom is 0.167 e. The van der Waals surface area contributed by atoms with E-state index in [0.29, 0.717) is 11.4 Å². The van der Waals surface area contributed by atoms with Crippen molar-refractivity contribution in [3.63, 3.8) is 0 Å². The molecular formula is C13H15N5S. The van der Waals surface area contributed by atoms with Gasteiger partial charge < -0.3 is 5.32 Å². The average molecular weight is 273 g/mol. The quantitative estimate of drug-likeness (QED) is 0.930. The summed E-state index contributed by atoms with van der Waals surface area (Å²) in [6.07, 6.45) is 1.84. The van der Waals surface area contributed by atoms with Gasteiger partial charge in [0.1, 0.15) is 16.6 Å². The van der Waals surface area contributed by atoms with Crippen LogP contribution >= 0.6 is 11.3 Å². The normalized spacial score (nSPS) is 11.9. The van der Waals surface area contributed by atoms with Crippen LogP contribution < -0.4 is 5.32 Å². The van der Waals surface area contributed by atoms with Gasteiger partial charge in [-0.05, 0) is 33.3 Å². The van der Waals surface area contributed by atoms with Gasteiger partial charge in [0, 0.05) is 11.1 Å². The Morgan fingerprint density at radius 3 is 2.63 bits per heavy atom. The predicted molar refractivity (Wildman–Crippen MR) is 75.1 cm³/mol. The van der Waals surface area contributed by atoms with Crippen LogP contribution in [0.2, 0.25) is 0 Å². The van der Waals surface area contributed by atoms with E-state index in [9.17, 15) is 5.26 Å². The van der Waals surface area contributed by atoms with Crippen molar-refractivity contribution >= 4 is 17.2 Å². The van der Waals surface area contributed by atoms with Crippen LogP contribution in [0.4, 0.5) is 5.82 Å². The second-order valence-electron chi connectivity index (χ2n) is 4.42. The lowest BCUT2D eigenvalue weighted by Crippen LogP contribution is -2.11. The molecule has 0 aromatic carbocycles. The SMILES string of the molecule is Cc1cnc(C(C)Nc2nnc(C)c(C)c2C#N)s1. The van der Waals surface area contributed by atoms with Crippen molar-refractivity contribution in [2.24, 2.45) is 0 Å². The van der Waals surface area contributed by atoms with Gasteiger partial charge >= 0.3 is 0 Å². The van der Waals surface area contributed by atoms with Crippen LogP contribution in [-0.2, 0) is 0 Å². The molecule has 0 saturated heterocycles. The highest BCUT2D eigenvalue weighted by Gasteiger charge is 2.15. The molecule has 6 heteroatoms. The van der Waals surface area contributed by atoms with Crippen molar-refractivity contribution in [1.29, 1.82) is 5.26 Å². The Bertz CT molecular complexity index is 641. The van der Waals surface area contributed by atoms with Crippen molar-refractivity contribution in [2.75, 3.05) is 5.32 Å². The first-order chi connectivity index (χ1) is 9.02. The molecule has 0 fully saturated rings. The van der Waals surface area contributed by atoms with Crippen molar-refractivity contribution in [1.82, 2.24) is 15.2 Å². The predicted octanol–water partition coefficient (Wildman–Crippen LogP) is 2.90. The molecule has 1 atom stereocenters. The lowest BCUT2D eigenvalue weighted by Gasteiger charge is -2.14. The standard InChI is InChI=1S/C13H15N5S/c1-7-6-15-13(19-7)10(4)16-12-11(5-14)8(2)9(3)17-18-12/h6,10H,1-4H3,(H,16,18). The Hall–Kier alpha value is -2.00. The molecule has 5 nitrogen and oxygen atoms in total. The van der Waals surface area contributed by atoms with Gasteiger partial charge in [0.25, 0.3) is 0 Å². The Morgan fingerprint density at radius 2 is 2.05 bits per heavy atom. The molecule has 0 amide bonds. The van der Waals surface area contributed by atoms with Gasteiger partial charge in [-0.2, -0.15) is 10.4 Å². The Labute approximate surface area is 116 Å². The number of aromatic nitrogens is 3. The first-order valence-electron chi connectivity index (χ1n) is 5.95. The van der Waals surface area contributed by atoms with E-state index in [0.717, 1.165) is 21.1 Å². The molecule has 2 rings (SSSR count). The van der Waals surface area contributed by atoms with Crippen molar-refractivity contribution in [3.8, 4) is 6.07 Å². The van der Waals surface area contributed by atoms with Gasteiger partial charge in [-0.1, -0.05) is 0 Å². The van der Waals surface area contributed by atoms with Gasteiger partial charge in [-0.15, -0.1) is 16.4 Å². The fraction of sp³-hybridized carbons (Fsp3) is 0.385. The lowest BCUT2D eigenvalue weighted by atomic mass is 10.1. The van der Waals surface area contributed by atoms with Crippen LogP contribution in [0.5, 0.6) is 0 Å². The minimum absolute atomic E-state index is 0.00204. The molecule has 2 heterocycles. The van der Waals surface area contributed by atoms with E-state index in [1.807, 2.05) is 33.9 Å². The molecule has 2 aromatic rings. The topological polar surface area (TPSA) is 74.5 Å². The average Bonchev–Trinajstić information content (AvgIpc) is 2.81. The summed E-state index contributed by atoms with van der Waals surface area (Å²) in [5.41, 5.74) is 2.19. The number of nitrogens with one attached hydrogen (secondary N) is 1. The maximum atomic E-state index is 9.24. The molecule has 98 valence electrons. The first kappa shape index (κ1) is 13.4. The van der Waals surface area contributed by atoms with E-state index in [1.165, 1.54) is 0 Å². The zero-order chi connectivity index (χ0) is 14.0. The van der Waals surface area contributed by atoms with Crippen LogP contribution in [0.15, 0.2) is 6.20 Å². The second-order valence-corrected chi connectivity index (χ2v) is 5.69. The number of hydrogen-bond donors (Lipinski definition) is 1. The van der Waals surface area contributed by atoms with Gasteiger partial charge in [-0.3, -0.25) is 0 Å². The Balaban J connectivity index is 2.29. The van der Waals surface area contributed by atoms with E-state index in [2.05, 4.69) is 26.6 Å². The van der Waals surface area contributed by atoms with Crippen LogP contribution in [-0.4, -0.2) is 15.2 Å². The molecule has 0 aliphatic rings. The minimum Gasteiger partial charge on any atom is -0.359 e. The maximum absolute atomic E-state index is 9.24. The fourth-order valence-electron chi connectivity index (χ4n) is 1.69. The summed E-state index contributed by atoms with van der Waals surface area (Å²) in [5.74, 6) is 0.519. The molecule has 1 unspecified atom stereocenters. The zero-order valence-electron chi connectivity index (χ0n) is 11.4. The smallest absolute Gasteiger partial charge is 0.167 e. The van der Waals surface area contributed by atoms with Crippen LogP contribution in [0.3, 0.4) is 0 Å². The fourth-order valence-corrected chi connectivity index (χ4v) is 2.46. The van der Waals surface area contributed by atoms with E-state index in [1.54, 1.807) is 11.3 Å². The van der Waals surface area contributed by atoms with Crippen molar-refractivity contribution in [2.45, 2.75) is 33.7 Å². The summed E-state index contributed by atoms with van der Waals surface area (Å²) in [7, 11) is 0. The third-order valence-corrected chi connectivity index (χ3v) is 4.02. The lowest BCUT2D eigenvalue weighted by molar-refractivity contribution is 0.839. The van der Waals surface area contributed by atoms with Gasteiger partial charge in [-0.25, -0.2) is 4.98 Å². The highest BCUT2D eigenvalue weighted by atomic mass is 32.1. The number of nitriles is 1. The third-order valence-electron chi connectivity index (χ3n) is 2.93. The molecule has 0 radical (unpaired) electrons. The van der Waals surface area contributed by atoms with E-state index < -0.39 is 0 Å². The van der Waals surface area contributed by atoms with Crippen molar-refractivity contribution in [3.05, 3.63) is 32.9 Å². The highest BCUT2D eigenvalue weighted by Crippen LogP contribution is 2.25. The van der Waals surface area contributed by atoms with Crippen molar-refractivity contribution < 1.29 is 0 Å². The van der Waals surface area contributed by atoms with Gasteiger partial charge in [0.15, 0.2) is 5.82 Å². The molecular weight excluding hydrogens is 258 g/mol. The monoisotopic (exact) mass is 273 g/mol. The molecule has 19 heavy (non-hydrogen) atoms. The zero-order valence-corrected chi connectivity index (χ0v) is 12.2. The molecule has 1 N–H and O–H groups in total. The molecule has 2 aromatic heterocycles. The summed E-state index contributed by atoms with van der Waals surface area (Å²) in [4.78, 5) is 5.49. The number of hydrogen-bond acceptors (Lipinski definition) is 6. The van der Waals surface area contributed by atoms with Gasteiger partial charge in [0.05, 0.1) is 11.7 Å². The number of anilines is 1. The molecule has 0 aliphatic carbocycles. The van der Waals surface area contributed by atoms with E-state index in [4.69, 9.17) is 0 Å². The van der Waals surface area contributed by atoms with Crippen LogP contribution in [0.25, 0.3) is 0 Å². The minimum atomic E-state index is 0.00204. The van der Waals surface area contributed by atoms with Gasteiger partial charge in [0.2, 0.25) is 0 Å². The molecule has 0 spiro atoms. The first-order valence-corrected chi connectivity index (χ1v) is 6.77. The summed E-state index contributed by atoms with van der Waals surface area (Å²) < 4.78 is 0. The Morgan fingerprint density at radius 1 is 1.32 bits per heavy atom. The summed E-state index contributed by atoms with van der Waals surface area (Å²) in [6.45, 7) is 7.74. The Kier molecular flexibility index (Phi) is 3.76. The number of aryl methyl sites for hydroxylation is 2.